The lowest BCUT2D eigenvalue weighted by Crippen LogP contribution is -2.51. The largest absolute Gasteiger partial charge is 0.481 e. The summed E-state index contributed by atoms with van der Waals surface area (Å²) in [5.41, 5.74) is 4.63. The number of amides is 2. The average Bonchev–Trinajstić information content (AvgIpc) is 3.16. The third kappa shape index (κ3) is 4.93. The van der Waals surface area contributed by atoms with E-state index in [1.54, 1.807) is 13.8 Å². The zero-order valence-electron chi connectivity index (χ0n) is 19.6. The number of benzene rings is 2. The quantitative estimate of drug-likeness (QED) is 0.566. The first-order chi connectivity index (χ1) is 16.4. The molecule has 7 nitrogen and oxygen atoms in total. The van der Waals surface area contributed by atoms with Gasteiger partial charge in [0.05, 0.1) is 11.8 Å². The monoisotopic (exact) mass is 464 g/mol. The number of alkyl carbamates (subject to hydrolysis) is 1. The van der Waals surface area contributed by atoms with E-state index in [-0.39, 0.29) is 24.5 Å². The van der Waals surface area contributed by atoms with E-state index in [1.807, 2.05) is 24.3 Å². The number of carbonyl (C=O) groups is 3. The summed E-state index contributed by atoms with van der Waals surface area (Å²) >= 11 is 0. The third-order valence-corrected chi connectivity index (χ3v) is 7.26. The van der Waals surface area contributed by atoms with Crippen LogP contribution in [0.15, 0.2) is 48.5 Å². The molecule has 180 valence electrons. The maximum Gasteiger partial charge on any atom is 0.407 e. The zero-order valence-corrected chi connectivity index (χ0v) is 19.6. The molecule has 7 heteroatoms. The number of carbonyl (C=O) groups excluding carboxylic acids is 2. The van der Waals surface area contributed by atoms with Gasteiger partial charge in [-0.15, -0.1) is 0 Å². The van der Waals surface area contributed by atoms with Gasteiger partial charge >= 0.3 is 12.1 Å². The van der Waals surface area contributed by atoms with Gasteiger partial charge in [0.1, 0.15) is 6.61 Å². The number of ether oxygens (including phenoxy) is 1. The fourth-order valence-corrected chi connectivity index (χ4v) is 5.08. The summed E-state index contributed by atoms with van der Waals surface area (Å²) < 4.78 is 5.66. The molecule has 3 N–H and O–H groups in total. The summed E-state index contributed by atoms with van der Waals surface area (Å²) in [4.78, 5) is 36.8. The number of aliphatic carboxylic acids is 1. The molecule has 4 atom stereocenters. The van der Waals surface area contributed by atoms with Crippen LogP contribution in [0.25, 0.3) is 11.1 Å². The van der Waals surface area contributed by atoms with Crippen molar-refractivity contribution in [3.63, 3.8) is 0 Å². The predicted molar refractivity (Wildman–Crippen MR) is 128 cm³/mol. The van der Waals surface area contributed by atoms with E-state index in [9.17, 15) is 19.5 Å². The Morgan fingerprint density at radius 1 is 0.971 bits per heavy atom. The van der Waals surface area contributed by atoms with E-state index < -0.39 is 29.9 Å². The second kappa shape index (κ2) is 10.3. The van der Waals surface area contributed by atoms with E-state index in [0.29, 0.717) is 12.8 Å². The number of hydrogen-bond acceptors (Lipinski definition) is 4. The first kappa shape index (κ1) is 23.8. The third-order valence-electron chi connectivity index (χ3n) is 7.26. The summed E-state index contributed by atoms with van der Waals surface area (Å²) in [7, 11) is 0. The fourth-order valence-electron chi connectivity index (χ4n) is 5.08. The molecule has 1 fully saturated rings. The van der Waals surface area contributed by atoms with Crippen LogP contribution >= 0.6 is 0 Å². The molecule has 2 aromatic carbocycles. The van der Waals surface area contributed by atoms with Gasteiger partial charge in [-0.25, -0.2) is 4.79 Å². The number of hydrogen-bond donors (Lipinski definition) is 3. The van der Waals surface area contributed by atoms with Crippen LogP contribution in [0.5, 0.6) is 0 Å². The van der Waals surface area contributed by atoms with Gasteiger partial charge in [-0.2, -0.15) is 0 Å². The molecule has 2 amide bonds. The van der Waals surface area contributed by atoms with Crippen molar-refractivity contribution in [1.82, 2.24) is 10.6 Å². The maximum absolute atomic E-state index is 12.9. The van der Waals surface area contributed by atoms with Gasteiger partial charge in [0.15, 0.2) is 0 Å². The van der Waals surface area contributed by atoms with E-state index >= 15 is 0 Å². The van der Waals surface area contributed by atoms with Gasteiger partial charge in [-0.1, -0.05) is 61.4 Å². The van der Waals surface area contributed by atoms with Crippen LogP contribution in [0.3, 0.4) is 0 Å². The number of rotatable bonds is 7. The standard InChI is InChI=1S/C27H32N2O5/c1-16(26(31)32)17(2)28-25(30)22-13-7-8-14-24(22)29-27(33)34-15-23-20-11-5-3-9-18(20)19-10-4-6-12-21(19)23/h3-6,9-12,16-17,22-24H,7-8,13-15H2,1-2H3,(H,28,30)(H,29,33)(H,31,32). The molecule has 2 aliphatic rings. The molecule has 1 saturated carbocycles. The topological polar surface area (TPSA) is 105 Å². The molecule has 0 radical (unpaired) electrons. The lowest BCUT2D eigenvalue weighted by Gasteiger charge is -2.32. The lowest BCUT2D eigenvalue weighted by molar-refractivity contribution is -0.142. The second-order valence-corrected chi connectivity index (χ2v) is 9.39. The zero-order chi connectivity index (χ0) is 24.2. The van der Waals surface area contributed by atoms with Crippen LogP contribution in [-0.2, 0) is 14.3 Å². The molecule has 0 aromatic heterocycles. The molecule has 2 aliphatic carbocycles. The smallest absolute Gasteiger partial charge is 0.407 e. The van der Waals surface area contributed by atoms with Crippen LogP contribution in [0.4, 0.5) is 4.79 Å². The van der Waals surface area contributed by atoms with Crippen LogP contribution in [0.1, 0.15) is 56.6 Å². The van der Waals surface area contributed by atoms with Crippen molar-refractivity contribution in [2.75, 3.05) is 6.61 Å². The lowest BCUT2D eigenvalue weighted by atomic mass is 9.83. The number of fused-ring (bicyclic) bond motifs is 3. The number of carboxylic acid groups (broad SMARTS) is 1. The van der Waals surface area contributed by atoms with Crippen molar-refractivity contribution in [3.05, 3.63) is 59.7 Å². The molecule has 4 rings (SSSR count). The van der Waals surface area contributed by atoms with E-state index in [4.69, 9.17) is 4.74 Å². The van der Waals surface area contributed by atoms with Crippen LogP contribution in [-0.4, -0.2) is 41.8 Å². The highest BCUT2D eigenvalue weighted by Gasteiger charge is 2.35. The minimum atomic E-state index is -0.954. The Hall–Kier alpha value is -3.35. The van der Waals surface area contributed by atoms with E-state index in [2.05, 4.69) is 34.9 Å². The summed E-state index contributed by atoms with van der Waals surface area (Å²) in [6, 6.07) is 15.5. The van der Waals surface area contributed by atoms with Crippen molar-refractivity contribution in [1.29, 1.82) is 0 Å². The van der Waals surface area contributed by atoms with Gasteiger partial charge in [0.25, 0.3) is 0 Å². The van der Waals surface area contributed by atoms with Gasteiger partial charge in [0, 0.05) is 18.0 Å². The Morgan fingerprint density at radius 2 is 1.56 bits per heavy atom. The molecule has 2 aromatic rings. The number of carboxylic acids is 1. The second-order valence-electron chi connectivity index (χ2n) is 9.39. The molecule has 0 bridgehead atoms. The maximum atomic E-state index is 12.9. The Morgan fingerprint density at radius 3 is 2.18 bits per heavy atom. The van der Waals surface area contributed by atoms with Crippen LogP contribution < -0.4 is 10.6 Å². The molecule has 34 heavy (non-hydrogen) atoms. The summed E-state index contributed by atoms with van der Waals surface area (Å²) in [6.07, 6.45) is 2.61. The Labute approximate surface area is 199 Å². The molecular weight excluding hydrogens is 432 g/mol. The van der Waals surface area contributed by atoms with E-state index in [0.717, 1.165) is 24.0 Å². The molecule has 0 heterocycles. The highest BCUT2D eigenvalue weighted by molar-refractivity contribution is 5.82. The highest BCUT2D eigenvalue weighted by Crippen LogP contribution is 2.44. The Bertz CT molecular complexity index is 1020. The first-order valence-corrected chi connectivity index (χ1v) is 12.0. The summed E-state index contributed by atoms with van der Waals surface area (Å²) in [5, 5.41) is 14.9. The minimum Gasteiger partial charge on any atom is -0.481 e. The van der Waals surface area contributed by atoms with Crippen LogP contribution in [0, 0.1) is 11.8 Å². The Balaban J connectivity index is 1.37. The first-order valence-electron chi connectivity index (χ1n) is 12.0. The van der Waals surface area contributed by atoms with Crippen molar-refractivity contribution in [2.24, 2.45) is 11.8 Å². The minimum absolute atomic E-state index is 0.0260. The molecule has 4 unspecified atom stereocenters. The molecular formula is C27H32N2O5. The van der Waals surface area contributed by atoms with Crippen LogP contribution in [0.2, 0.25) is 0 Å². The van der Waals surface area contributed by atoms with Crippen molar-refractivity contribution >= 4 is 18.0 Å². The normalized spacial score (nSPS) is 21.0. The van der Waals surface area contributed by atoms with Gasteiger partial charge in [0.2, 0.25) is 5.91 Å². The van der Waals surface area contributed by atoms with Gasteiger partial charge < -0.3 is 20.5 Å². The molecule has 0 spiro atoms. The van der Waals surface area contributed by atoms with Gasteiger partial charge in [-0.05, 0) is 48.9 Å². The van der Waals surface area contributed by atoms with Gasteiger partial charge in [-0.3, -0.25) is 9.59 Å². The van der Waals surface area contributed by atoms with Crippen molar-refractivity contribution < 1.29 is 24.2 Å². The number of nitrogens with one attached hydrogen (secondary N) is 2. The average molecular weight is 465 g/mol. The SMILES string of the molecule is CC(NC(=O)C1CCCCC1NC(=O)OCC1c2ccccc2-c2ccccc21)C(C)C(=O)O. The fraction of sp³-hybridized carbons (Fsp3) is 0.444. The highest BCUT2D eigenvalue weighted by atomic mass is 16.5. The Kier molecular flexibility index (Phi) is 7.20. The van der Waals surface area contributed by atoms with Crippen molar-refractivity contribution in [3.8, 4) is 11.1 Å². The summed E-state index contributed by atoms with van der Waals surface area (Å²) in [6.45, 7) is 3.48. The predicted octanol–water partition coefficient (Wildman–Crippen LogP) is 4.31. The van der Waals surface area contributed by atoms with E-state index in [1.165, 1.54) is 11.1 Å². The summed E-state index contributed by atoms with van der Waals surface area (Å²) in [5.74, 6) is -2.30. The molecule has 0 saturated heterocycles. The van der Waals surface area contributed by atoms with Crippen molar-refractivity contribution in [2.45, 2.75) is 57.5 Å². The molecule has 0 aliphatic heterocycles.